The van der Waals surface area contributed by atoms with E-state index >= 15 is 0 Å². The summed E-state index contributed by atoms with van der Waals surface area (Å²) in [4.78, 5) is 8.58. The van der Waals surface area contributed by atoms with Gasteiger partial charge in [0, 0.05) is 29.5 Å². The molecule has 0 unspecified atom stereocenters. The number of aromatic nitrogens is 2. The third-order valence-corrected chi connectivity index (χ3v) is 2.09. The van der Waals surface area contributed by atoms with Gasteiger partial charge >= 0.3 is 0 Å². The molecule has 2 heterocycles. The van der Waals surface area contributed by atoms with Gasteiger partial charge in [-0.3, -0.25) is 9.97 Å². The van der Waals surface area contributed by atoms with Gasteiger partial charge in [-0.15, -0.1) is 0 Å². The van der Waals surface area contributed by atoms with Crippen molar-refractivity contribution in [2.75, 3.05) is 0 Å². The average molecular weight is 239 g/mol. The van der Waals surface area contributed by atoms with Crippen molar-refractivity contribution in [3.63, 3.8) is 0 Å². The summed E-state index contributed by atoms with van der Waals surface area (Å²) in [7, 11) is 0. The van der Waals surface area contributed by atoms with Gasteiger partial charge in [0.2, 0.25) is 0 Å². The summed E-state index contributed by atoms with van der Waals surface area (Å²) in [6.45, 7) is 4.11. The molecule has 0 bridgehead atoms. The standard InChI is InChI=1S/C12H12N2.Mn/c1-9-3-5-13-11(7-9)12-8-10(2)4-6-14-12;/h3-8H,1-2H3;. The van der Waals surface area contributed by atoms with Gasteiger partial charge < -0.3 is 0 Å². The number of hydrogen-bond donors (Lipinski definition) is 0. The van der Waals surface area contributed by atoms with Crippen molar-refractivity contribution in [3.8, 4) is 11.4 Å². The van der Waals surface area contributed by atoms with Gasteiger partial charge in [0.05, 0.1) is 11.4 Å². The van der Waals surface area contributed by atoms with Crippen LogP contribution in [0.25, 0.3) is 11.4 Å². The Bertz CT molecular complexity index is 411. The normalized spacial score (nSPS) is 9.47. The van der Waals surface area contributed by atoms with Crippen LogP contribution in [0.3, 0.4) is 0 Å². The molecule has 0 saturated carbocycles. The summed E-state index contributed by atoms with van der Waals surface area (Å²) < 4.78 is 0. The fourth-order valence-corrected chi connectivity index (χ4v) is 1.35. The predicted octanol–water partition coefficient (Wildman–Crippen LogP) is 2.76. The molecular formula is C12H12MnN2. The van der Waals surface area contributed by atoms with Crippen molar-refractivity contribution < 1.29 is 17.1 Å². The zero-order chi connectivity index (χ0) is 9.97. The fourth-order valence-electron chi connectivity index (χ4n) is 1.35. The van der Waals surface area contributed by atoms with Crippen molar-refractivity contribution in [1.82, 2.24) is 9.97 Å². The second-order valence-electron chi connectivity index (χ2n) is 3.44. The van der Waals surface area contributed by atoms with Gasteiger partial charge in [0.15, 0.2) is 0 Å². The molecule has 2 aromatic heterocycles. The summed E-state index contributed by atoms with van der Waals surface area (Å²) in [5.74, 6) is 0. The van der Waals surface area contributed by atoms with Gasteiger partial charge in [-0.1, -0.05) is 0 Å². The molecule has 0 aromatic carbocycles. The first-order valence-corrected chi connectivity index (χ1v) is 4.61. The first kappa shape index (κ1) is 11.9. The van der Waals surface area contributed by atoms with Crippen LogP contribution in [-0.2, 0) is 17.1 Å². The third-order valence-electron chi connectivity index (χ3n) is 2.09. The molecule has 0 amide bonds. The van der Waals surface area contributed by atoms with E-state index in [1.54, 1.807) is 0 Å². The molecule has 2 nitrogen and oxygen atoms in total. The molecule has 2 rings (SSSR count). The van der Waals surface area contributed by atoms with Gasteiger partial charge in [-0.25, -0.2) is 0 Å². The topological polar surface area (TPSA) is 25.8 Å². The average Bonchev–Trinajstić information content (AvgIpc) is 2.18. The van der Waals surface area contributed by atoms with E-state index in [1.165, 1.54) is 11.1 Å². The first-order chi connectivity index (χ1) is 6.75. The molecule has 2 aromatic rings. The number of pyridine rings is 2. The van der Waals surface area contributed by atoms with Gasteiger partial charge in [0.1, 0.15) is 0 Å². The SMILES string of the molecule is Cc1ccnc(-c2cc(C)ccn2)c1.[Mn]. The third kappa shape index (κ3) is 2.88. The van der Waals surface area contributed by atoms with Crippen LogP contribution in [0.5, 0.6) is 0 Å². The van der Waals surface area contributed by atoms with Crippen LogP contribution in [0.2, 0.25) is 0 Å². The minimum atomic E-state index is 0. The Labute approximate surface area is 100 Å². The van der Waals surface area contributed by atoms with Crippen LogP contribution in [0, 0.1) is 13.8 Å². The minimum absolute atomic E-state index is 0. The van der Waals surface area contributed by atoms with Crippen molar-refractivity contribution >= 4 is 0 Å². The van der Waals surface area contributed by atoms with Crippen LogP contribution >= 0.6 is 0 Å². The number of aryl methyl sites for hydroxylation is 2. The Balaban J connectivity index is 0.00000112. The van der Waals surface area contributed by atoms with E-state index in [9.17, 15) is 0 Å². The summed E-state index contributed by atoms with van der Waals surface area (Å²) in [5, 5.41) is 0. The molecule has 0 fully saturated rings. The summed E-state index contributed by atoms with van der Waals surface area (Å²) in [5.41, 5.74) is 4.29. The van der Waals surface area contributed by atoms with Crippen molar-refractivity contribution in [2.24, 2.45) is 0 Å². The Hall–Kier alpha value is -1.18. The van der Waals surface area contributed by atoms with Crippen LogP contribution in [0.1, 0.15) is 11.1 Å². The molecule has 15 heavy (non-hydrogen) atoms. The van der Waals surface area contributed by atoms with Crippen LogP contribution in [0.15, 0.2) is 36.7 Å². The molecule has 1 radical (unpaired) electrons. The van der Waals surface area contributed by atoms with Crippen LogP contribution in [0.4, 0.5) is 0 Å². The molecule has 0 N–H and O–H groups in total. The number of nitrogens with zero attached hydrogens (tertiary/aromatic N) is 2. The summed E-state index contributed by atoms with van der Waals surface area (Å²) in [6, 6.07) is 8.06. The largest absolute Gasteiger partial charge is 0.255 e. The molecule has 0 spiro atoms. The molecule has 77 valence electrons. The molecule has 3 heteroatoms. The minimum Gasteiger partial charge on any atom is -0.255 e. The second kappa shape index (κ2) is 5.06. The monoisotopic (exact) mass is 239 g/mol. The Morgan fingerprint density at radius 3 is 1.53 bits per heavy atom. The van der Waals surface area contributed by atoms with E-state index in [-0.39, 0.29) is 17.1 Å². The quantitative estimate of drug-likeness (QED) is 0.715. The van der Waals surface area contributed by atoms with E-state index < -0.39 is 0 Å². The maximum absolute atomic E-state index is 4.29. The van der Waals surface area contributed by atoms with Gasteiger partial charge in [0.25, 0.3) is 0 Å². The van der Waals surface area contributed by atoms with E-state index in [4.69, 9.17) is 0 Å². The van der Waals surface area contributed by atoms with Crippen LogP contribution in [-0.4, -0.2) is 9.97 Å². The van der Waals surface area contributed by atoms with E-state index in [1.807, 2.05) is 36.7 Å². The fraction of sp³-hybridized carbons (Fsp3) is 0.167. The molecule has 0 atom stereocenters. The van der Waals surface area contributed by atoms with Crippen molar-refractivity contribution in [3.05, 3.63) is 47.8 Å². The predicted molar refractivity (Wildman–Crippen MR) is 56.9 cm³/mol. The van der Waals surface area contributed by atoms with Gasteiger partial charge in [-0.2, -0.15) is 0 Å². The molecule has 0 aliphatic carbocycles. The smallest absolute Gasteiger partial charge is 0.0888 e. The summed E-state index contributed by atoms with van der Waals surface area (Å²) >= 11 is 0. The van der Waals surface area contributed by atoms with Crippen molar-refractivity contribution in [1.29, 1.82) is 0 Å². The molecule has 0 saturated heterocycles. The molecule has 0 aliphatic rings. The van der Waals surface area contributed by atoms with E-state index in [0.717, 1.165) is 11.4 Å². The maximum Gasteiger partial charge on any atom is 0.0888 e. The van der Waals surface area contributed by atoms with E-state index in [0.29, 0.717) is 0 Å². The number of hydrogen-bond acceptors (Lipinski definition) is 2. The Morgan fingerprint density at radius 1 is 0.800 bits per heavy atom. The van der Waals surface area contributed by atoms with Crippen LogP contribution < -0.4 is 0 Å². The first-order valence-electron chi connectivity index (χ1n) is 4.61. The maximum atomic E-state index is 4.29. The van der Waals surface area contributed by atoms with E-state index in [2.05, 4.69) is 23.8 Å². The van der Waals surface area contributed by atoms with Gasteiger partial charge in [-0.05, 0) is 49.2 Å². The Morgan fingerprint density at radius 2 is 1.20 bits per heavy atom. The zero-order valence-corrected chi connectivity index (χ0v) is 9.92. The zero-order valence-electron chi connectivity index (χ0n) is 8.74. The second-order valence-corrected chi connectivity index (χ2v) is 3.44. The summed E-state index contributed by atoms with van der Waals surface area (Å²) in [6.07, 6.45) is 3.63. The Kier molecular flexibility index (Phi) is 4.01. The van der Waals surface area contributed by atoms with Crippen molar-refractivity contribution in [2.45, 2.75) is 13.8 Å². The number of rotatable bonds is 1. The molecular weight excluding hydrogens is 227 g/mol. The molecule has 0 aliphatic heterocycles.